The predicted octanol–water partition coefficient (Wildman–Crippen LogP) is 13.3. The predicted molar refractivity (Wildman–Crippen MR) is 218 cm³/mol. The molecular formula is C49H39FIrN2O-2. The van der Waals surface area contributed by atoms with Crippen molar-refractivity contribution in [3.8, 4) is 33.6 Å². The third-order valence-electron chi connectivity index (χ3n) is 9.37. The zero-order chi connectivity index (χ0) is 45.2. The van der Waals surface area contributed by atoms with Gasteiger partial charge in [-0.25, -0.2) is 0 Å². The molecule has 0 aliphatic carbocycles. The second kappa shape index (κ2) is 14.7. The number of benzene rings is 6. The van der Waals surface area contributed by atoms with Crippen LogP contribution in [0.3, 0.4) is 0 Å². The number of hydrogen-bond donors (Lipinski definition) is 0. The Morgan fingerprint density at radius 3 is 2.22 bits per heavy atom. The first kappa shape index (κ1) is 26.3. The molecule has 9 aromatic rings. The number of nitrogens with zero attached hydrogens (tertiary/aromatic N) is 2. The van der Waals surface area contributed by atoms with Crippen LogP contribution in [0.4, 0.5) is 4.39 Å². The van der Waals surface area contributed by atoms with Crippen molar-refractivity contribution < 1.29 is 42.6 Å². The Morgan fingerprint density at radius 1 is 0.685 bits per heavy atom. The fourth-order valence-electron chi connectivity index (χ4n) is 6.55. The van der Waals surface area contributed by atoms with E-state index in [1.54, 1.807) is 36.4 Å². The SMILES string of the molecule is [2H]C([2H])([2H])c1ccc(-c2[c-]cc(F)cc2)nc1.[2H]c1cc(C(C)(C)C)cc(C([2H])([2H])[2H])c1-c1cc(-c2[c-]ccc3c2oc2c3ccc3c4ccccc4ccc32)ncc1C([2H])([2H])[2H].[Ir]. The van der Waals surface area contributed by atoms with Crippen molar-refractivity contribution in [1.29, 1.82) is 0 Å². The van der Waals surface area contributed by atoms with Gasteiger partial charge in [0.2, 0.25) is 0 Å². The molecule has 0 spiro atoms. The van der Waals surface area contributed by atoms with E-state index in [0.717, 1.165) is 32.3 Å². The van der Waals surface area contributed by atoms with Gasteiger partial charge in [0.25, 0.3) is 0 Å². The maximum absolute atomic E-state index is 12.7. The minimum absolute atomic E-state index is 0. The summed E-state index contributed by atoms with van der Waals surface area (Å²) in [4.78, 5) is 8.58. The van der Waals surface area contributed by atoms with Crippen LogP contribution in [0.1, 0.15) is 56.7 Å². The van der Waals surface area contributed by atoms with Gasteiger partial charge in [0.05, 0.1) is 6.95 Å². The van der Waals surface area contributed by atoms with Crippen LogP contribution in [0.25, 0.3) is 77.1 Å². The molecule has 0 bridgehead atoms. The molecule has 0 aliphatic heterocycles. The minimum atomic E-state index is -2.61. The molecule has 3 nitrogen and oxygen atoms in total. The number of aromatic nitrogens is 2. The zero-order valence-corrected chi connectivity index (χ0v) is 32.0. The maximum Gasteiger partial charge on any atom is 0.128 e. The Balaban J connectivity index is 0.000000286. The van der Waals surface area contributed by atoms with Crippen LogP contribution in [0.2, 0.25) is 0 Å². The molecular weight excluding hydrogens is 844 g/mol. The van der Waals surface area contributed by atoms with Gasteiger partial charge in [0.15, 0.2) is 0 Å². The molecule has 0 fully saturated rings. The van der Waals surface area contributed by atoms with Crippen molar-refractivity contribution in [2.75, 3.05) is 0 Å². The van der Waals surface area contributed by atoms with Crippen molar-refractivity contribution in [2.45, 2.75) is 46.7 Å². The van der Waals surface area contributed by atoms with E-state index in [1.807, 2.05) is 45.0 Å². The van der Waals surface area contributed by atoms with Crippen LogP contribution >= 0.6 is 0 Å². The van der Waals surface area contributed by atoms with E-state index in [4.69, 9.17) is 18.1 Å². The molecule has 0 atom stereocenters. The molecule has 0 aliphatic rings. The summed E-state index contributed by atoms with van der Waals surface area (Å²) in [7, 11) is 0. The number of aryl methyl sites for hydroxylation is 3. The van der Waals surface area contributed by atoms with Gasteiger partial charge in [-0.1, -0.05) is 117 Å². The average Bonchev–Trinajstić information content (AvgIpc) is 3.62. The molecule has 1 radical (unpaired) electrons. The molecule has 0 saturated heterocycles. The number of hydrogen-bond acceptors (Lipinski definition) is 3. The van der Waals surface area contributed by atoms with Gasteiger partial charge < -0.3 is 14.4 Å². The van der Waals surface area contributed by atoms with Crippen molar-refractivity contribution in [1.82, 2.24) is 9.97 Å². The van der Waals surface area contributed by atoms with E-state index in [0.29, 0.717) is 39.2 Å². The van der Waals surface area contributed by atoms with Crippen molar-refractivity contribution in [2.24, 2.45) is 0 Å². The Hall–Kier alpha value is -5.48. The molecule has 0 unspecified atom stereocenters. The van der Waals surface area contributed by atoms with E-state index < -0.39 is 26.0 Å². The molecule has 3 heterocycles. The van der Waals surface area contributed by atoms with Crippen LogP contribution < -0.4 is 0 Å². The Morgan fingerprint density at radius 2 is 1.46 bits per heavy atom. The summed E-state index contributed by atoms with van der Waals surface area (Å²) in [5.41, 5.74) is 3.73. The van der Waals surface area contributed by atoms with Crippen LogP contribution in [-0.4, -0.2) is 9.97 Å². The molecule has 9 rings (SSSR count). The summed E-state index contributed by atoms with van der Waals surface area (Å²) >= 11 is 0. The monoisotopic (exact) mass is 893 g/mol. The van der Waals surface area contributed by atoms with Gasteiger partial charge in [-0.2, -0.15) is 0 Å². The van der Waals surface area contributed by atoms with Gasteiger partial charge in [0.1, 0.15) is 5.58 Å². The molecule has 54 heavy (non-hydrogen) atoms. The first-order valence-electron chi connectivity index (χ1n) is 22.1. The smallest absolute Gasteiger partial charge is 0.128 e. The first-order chi connectivity index (χ1) is 29.6. The second-order valence-electron chi connectivity index (χ2n) is 13.9. The Bertz CT molecular complexity index is 3190. The topological polar surface area (TPSA) is 38.9 Å². The second-order valence-corrected chi connectivity index (χ2v) is 13.9. The average molecular weight is 893 g/mol. The number of pyridine rings is 2. The molecule has 269 valence electrons. The summed E-state index contributed by atoms with van der Waals surface area (Å²) in [6.45, 7) is -1.54. The van der Waals surface area contributed by atoms with E-state index in [2.05, 4.69) is 52.4 Å². The maximum atomic E-state index is 12.7. The standard InChI is InChI=1S/C37H30NO.C12H9FN.Ir/c1-22-19-25(37(3,4)5)14-16-26(22)33-20-34(38-21-23(33)2)32-12-8-11-29-31-18-17-28-27-10-7-6-9-24(27)13-15-30(28)35(31)39-36(29)32;1-9-2-7-12(14-8-9)10-3-5-11(13)6-4-10;/h6-11,13-21H,1-5H3;2-3,5-8H,1H3;/q2*-1;/i1D3,2D3,16D;1D3;. The van der Waals surface area contributed by atoms with Gasteiger partial charge >= 0.3 is 0 Å². The summed E-state index contributed by atoms with van der Waals surface area (Å²) in [5.74, 6) is -0.368. The molecule has 0 N–H and O–H groups in total. The third kappa shape index (κ3) is 6.98. The quantitative estimate of drug-likeness (QED) is 0.131. The molecule has 6 aromatic carbocycles. The van der Waals surface area contributed by atoms with Crippen molar-refractivity contribution >= 4 is 43.5 Å². The number of fused-ring (bicyclic) bond motifs is 7. The van der Waals surface area contributed by atoms with Gasteiger partial charge in [-0.15, -0.1) is 48.0 Å². The third-order valence-corrected chi connectivity index (χ3v) is 9.37. The van der Waals surface area contributed by atoms with Crippen LogP contribution in [0.5, 0.6) is 0 Å². The summed E-state index contributed by atoms with van der Waals surface area (Å²) < 4.78 is 99.8. The normalized spacial score (nSPS) is 14.9. The molecule has 0 saturated carbocycles. The van der Waals surface area contributed by atoms with Crippen LogP contribution in [0, 0.1) is 38.5 Å². The fraction of sp³-hybridized carbons (Fsp3) is 0.143. The Labute approximate surface area is 343 Å². The number of rotatable bonds is 3. The Kier molecular flexibility index (Phi) is 7.19. The van der Waals surface area contributed by atoms with E-state index in [9.17, 15) is 4.39 Å². The zero-order valence-electron chi connectivity index (χ0n) is 39.6. The van der Waals surface area contributed by atoms with Crippen molar-refractivity contribution in [3.63, 3.8) is 0 Å². The molecule has 5 heteroatoms. The van der Waals surface area contributed by atoms with Gasteiger partial charge in [0, 0.05) is 61.4 Å². The minimum Gasteiger partial charge on any atom is -0.500 e. The molecule has 0 amide bonds. The largest absolute Gasteiger partial charge is 0.500 e. The van der Waals surface area contributed by atoms with Crippen LogP contribution in [-0.2, 0) is 25.5 Å². The fourth-order valence-corrected chi connectivity index (χ4v) is 6.55. The van der Waals surface area contributed by atoms with Gasteiger partial charge in [-0.05, 0) is 86.9 Å². The molecule has 3 aromatic heterocycles. The number of halogens is 1. The van der Waals surface area contributed by atoms with Gasteiger partial charge in [-0.3, -0.25) is 4.39 Å². The van der Waals surface area contributed by atoms with E-state index >= 15 is 0 Å². The van der Waals surface area contributed by atoms with Crippen LogP contribution in [0.15, 0.2) is 132 Å². The van der Waals surface area contributed by atoms with Crippen molar-refractivity contribution in [3.05, 3.63) is 168 Å². The summed E-state index contributed by atoms with van der Waals surface area (Å²) in [6, 6.07) is 38.0. The summed E-state index contributed by atoms with van der Waals surface area (Å²) in [5, 5.41) is 6.05. The summed E-state index contributed by atoms with van der Waals surface area (Å²) in [6.07, 6.45) is 2.56. The van der Waals surface area contributed by atoms with E-state index in [1.165, 1.54) is 30.6 Å². The first-order valence-corrected chi connectivity index (χ1v) is 17.1. The van der Waals surface area contributed by atoms with E-state index in [-0.39, 0.29) is 59.8 Å². The number of furan rings is 1.